The molecule has 0 saturated carbocycles. The van der Waals surface area contributed by atoms with Gasteiger partial charge in [0.15, 0.2) is 11.6 Å². The number of nitrogens with zero attached hydrogens (tertiary/aromatic N) is 5. The van der Waals surface area contributed by atoms with Gasteiger partial charge in [-0.25, -0.2) is 0 Å². The van der Waals surface area contributed by atoms with Crippen molar-refractivity contribution in [3.63, 3.8) is 0 Å². The van der Waals surface area contributed by atoms with Gasteiger partial charge in [-0.2, -0.15) is 0 Å². The number of carbonyl (C=O) groups is 2. The molecule has 1 aliphatic heterocycles. The number of benzene rings is 4. The van der Waals surface area contributed by atoms with Gasteiger partial charge in [-0.1, -0.05) is 91.0 Å². The summed E-state index contributed by atoms with van der Waals surface area (Å²) in [5.74, 6) is 0.224. The second-order valence-electron chi connectivity index (χ2n) is 10.4. The summed E-state index contributed by atoms with van der Waals surface area (Å²) in [5, 5.41) is 9.19. The molecule has 0 saturated heterocycles. The van der Waals surface area contributed by atoms with Crippen LogP contribution in [0.1, 0.15) is 31.2 Å². The highest BCUT2D eigenvalue weighted by Gasteiger charge is 2.39. The number of rotatable bonds is 7. The maximum Gasteiger partial charge on any atom is 0.247 e. The molecule has 1 atom stereocenters. The quantitative estimate of drug-likeness (QED) is 0.252. The fraction of sp³-hybridized carbons (Fsp3) is 0.176. The molecule has 1 unspecified atom stereocenters. The molecule has 0 radical (unpaired) electrons. The minimum absolute atomic E-state index is 0.0911. The van der Waals surface area contributed by atoms with Crippen molar-refractivity contribution >= 4 is 23.2 Å². The van der Waals surface area contributed by atoms with Crippen LogP contribution in [0.2, 0.25) is 0 Å². The number of anilines is 2. The highest BCUT2D eigenvalue weighted by molar-refractivity contribution is 6.07. The first-order valence-corrected chi connectivity index (χ1v) is 13.9. The molecule has 0 aliphatic carbocycles. The maximum atomic E-state index is 14.6. The first kappa shape index (κ1) is 26.2. The molecule has 2 amide bonds. The van der Waals surface area contributed by atoms with E-state index >= 15 is 0 Å². The van der Waals surface area contributed by atoms with Gasteiger partial charge in [-0.15, -0.1) is 10.2 Å². The van der Waals surface area contributed by atoms with Gasteiger partial charge < -0.3 is 9.80 Å². The van der Waals surface area contributed by atoms with Gasteiger partial charge in [-0.05, 0) is 50.1 Å². The molecule has 1 aromatic heterocycles. The third-order valence-corrected chi connectivity index (χ3v) is 7.40. The molecule has 4 aromatic carbocycles. The fourth-order valence-electron chi connectivity index (χ4n) is 5.55. The average Bonchev–Trinajstić information content (AvgIpc) is 3.41. The predicted octanol–water partition coefficient (Wildman–Crippen LogP) is 6.05. The zero-order valence-electron chi connectivity index (χ0n) is 23.1. The van der Waals surface area contributed by atoms with Crippen molar-refractivity contribution in [1.82, 2.24) is 14.8 Å². The zero-order chi connectivity index (χ0) is 28.3. The van der Waals surface area contributed by atoms with Crippen LogP contribution >= 0.6 is 0 Å². The molecule has 7 heteroatoms. The Morgan fingerprint density at radius 3 is 2.02 bits per heavy atom. The highest BCUT2D eigenvalue weighted by atomic mass is 16.2. The first-order chi connectivity index (χ1) is 20.0. The lowest BCUT2D eigenvalue weighted by molar-refractivity contribution is -0.123. The van der Waals surface area contributed by atoms with Crippen LogP contribution in [0, 0.1) is 0 Å². The van der Waals surface area contributed by atoms with E-state index in [1.165, 1.54) is 0 Å². The third kappa shape index (κ3) is 5.02. The molecule has 2 heterocycles. The van der Waals surface area contributed by atoms with Crippen molar-refractivity contribution in [2.24, 2.45) is 0 Å². The van der Waals surface area contributed by atoms with E-state index in [4.69, 9.17) is 0 Å². The lowest BCUT2D eigenvalue weighted by Gasteiger charge is -2.31. The van der Waals surface area contributed by atoms with Crippen LogP contribution in [0.25, 0.3) is 17.1 Å². The van der Waals surface area contributed by atoms with Crippen molar-refractivity contribution in [2.45, 2.75) is 32.2 Å². The number of hydrogen-bond acceptors (Lipinski definition) is 4. The van der Waals surface area contributed by atoms with Crippen molar-refractivity contribution < 1.29 is 9.59 Å². The molecule has 7 nitrogen and oxygen atoms in total. The normalized spacial score (nSPS) is 14.4. The third-order valence-electron chi connectivity index (χ3n) is 7.40. The van der Waals surface area contributed by atoms with E-state index in [1.54, 1.807) is 9.80 Å². The van der Waals surface area contributed by atoms with Gasteiger partial charge in [0.1, 0.15) is 12.5 Å². The monoisotopic (exact) mass is 541 g/mol. The number of fused-ring (bicyclic) bond motifs is 3. The van der Waals surface area contributed by atoms with Gasteiger partial charge in [0, 0.05) is 17.3 Å². The van der Waals surface area contributed by atoms with Crippen LogP contribution in [-0.4, -0.2) is 39.2 Å². The Balaban J connectivity index is 1.49. The summed E-state index contributed by atoms with van der Waals surface area (Å²) in [6, 6.07) is 36.9. The molecular formula is C34H31N5O2. The molecule has 0 fully saturated rings. The van der Waals surface area contributed by atoms with Crippen LogP contribution in [0.4, 0.5) is 11.4 Å². The van der Waals surface area contributed by atoms with Gasteiger partial charge in [-0.3, -0.25) is 14.2 Å². The minimum atomic E-state index is -0.646. The lowest BCUT2D eigenvalue weighted by Crippen LogP contribution is -2.47. The first-order valence-electron chi connectivity index (χ1n) is 13.9. The number of amides is 2. The summed E-state index contributed by atoms with van der Waals surface area (Å²) in [7, 11) is 0. The number of aromatic nitrogens is 3. The zero-order valence-corrected chi connectivity index (χ0v) is 23.1. The smallest absolute Gasteiger partial charge is 0.247 e. The Morgan fingerprint density at radius 1 is 0.780 bits per heavy atom. The van der Waals surface area contributed by atoms with Crippen LogP contribution in [0.5, 0.6) is 0 Å². The molecule has 1 aliphatic rings. The van der Waals surface area contributed by atoms with Crippen LogP contribution in [0.3, 0.4) is 0 Å². The summed E-state index contributed by atoms with van der Waals surface area (Å²) < 4.78 is 1.98. The van der Waals surface area contributed by atoms with E-state index < -0.39 is 5.92 Å². The lowest BCUT2D eigenvalue weighted by atomic mass is 9.97. The largest absolute Gasteiger partial charge is 0.308 e. The topological polar surface area (TPSA) is 71.3 Å². The molecular weight excluding hydrogens is 510 g/mol. The maximum absolute atomic E-state index is 14.6. The summed E-state index contributed by atoms with van der Waals surface area (Å²) in [6.07, 6.45) is 0.428. The summed E-state index contributed by atoms with van der Waals surface area (Å²) in [6.45, 7) is 3.86. The molecule has 0 spiro atoms. The molecule has 204 valence electrons. The Morgan fingerprint density at radius 2 is 1.37 bits per heavy atom. The standard InChI is InChI=1S/C34H31N5O2/c1-24(2)38(27-18-10-5-11-19-27)31(40)23-37-29-20-12-13-21-30(29)39-32(26-16-8-4-9-17-26)35-36-33(39)28(34(37)41)22-25-14-6-3-7-15-25/h3-21,24,28H,22-23H2,1-2H3. The van der Waals surface area contributed by atoms with E-state index in [9.17, 15) is 9.59 Å². The minimum Gasteiger partial charge on any atom is -0.308 e. The second kappa shape index (κ2) is 11.2. The van der Waals surface area contributed by atoms with Crippen LogP contribution in [-0.2, 0) is 16.0 Å². The second-order valence-corrected chi connectivity index (χ2v) is 10.4. The average molecular weight is 542 g/mol. The predicted molar refractivity (Wildman–Crippen MR) is 161 cm³/mol. The van der Waals surface area contributed by atoms with Crippen molar-refractivity contribution in [1.29, 1.82) is 0 Å². The summed E-state index contributed by atoms with van der Waals surface area (Å²) >= 11 is 0. The number of para-hydroxylation sites is 3. The Labute approximate surface area is 239 Å². The fourth-order valence-corrected chi connectivity index (χ4v) is 5.55. The molecule has 6 rings (SSSR count). The van der Waals surface area contributed by atoms with Gasteiger partial charge in [0.25, 0.3) is 0 Å². The Hall–Kier alpha value is -5.04. The van der Waals surface area contributed by atoms with Crippen molar-refractivity contribution in [3.05, 3.63) is 127 Å². The number of hydrogen-bond donors (Lipinski definition) is 0. The molecule has 41 heavy (non-hydrogen) atoms. The van der Waals surface area contributed by atoms with Crippen LogP contribution < -0.4 is 9.80 Å². The number of carbonyl (C=O) groups excluding carboxylic acids is 2. The SMILES string of the molecule is CC(C)N(C(=O)CN1C(=O)C(Cc2ccccc2)c2nnc(-c3ccccc3)n2-c2ccccc21)c1ccccc1. The van der Waals surface area contributed by atoms with E-state index in [1.807, 2.05) is 134 Å². The van der Waals surface area contributed by atoms with E-state index in [0.29, 0.717) is 23.8 Å². The van der Waals surface area contributed by atoms with Crippen molar-refractivity contribution in [2.75, 3.05) is 16.3 Å². The van der Waals surface area contributed by atoms with E-state index in [2.05, 4.69) is 10.2 Å². The van der Waals surface area contributed by atoms with Gasteiger partial charge >= 0.3 is 0 Å². The van der Waals surface area contributed by atoms with E-state index in [0.717, 1.165) is 22.5 Å². The molecule has 0 bridgehead atoms. The molecule has 5 aromatic rings. The van der Waals surface area contributed by atoms with E-state index in [-0.39, 0.29) is 24.4 Å². The Kier molecular flexibility index (Phi) is 7.17. The summed E-state index contributed by atoms with van der Waals surface area (Å²) in [5.41, 5.74) is 4.11. The highest BCUT2D eigenvalue weighted by Crippen LogP contribution is 2.38. The van der Waals surface area contributed by atoms with Crippen LogP contribution in [0.15, 0.2) is 115 Å². The Bertz CT molecular complexity index is 1670. The molecule has 0 N–H and O–H groups in total. The van der Waals surface area contributed by atoms with Gasteiger partial charge in [0.05, 0.1) is 11.4 Å². The van der Waals surface area contributed by atoms with Gasteiger partial charge in [0.2, 0.25) is 11.8 Å². The summed E-state index contributed by atoms with van der Waals surface area (Å²) in [4.78, 5) is 31.9. The van der Waals surface area contributed by atoms with Crippen molar-refractivity contribution in [3.8, 4) is 17.1 Å².